The molecule has 1 amide bonds. The van der Waals surface area contributed by atoms with E-state index in [1.54, 1.807) is 12.4 Å². The van der Waals surface area contributed by atoms with Crippen LogP contribution in [0.25, 0.3) is 0 Å². The zero-order chi connectivity index (χ0) is 13.5. The van der Waals surface area contributed by atoms with Crippen molar-refractivity contribution in [1.82, 2.24) is 10.3 Å². The molecule has 0 aliphatic carbocycles. The summed E-state index contributed by atoms with van der Waals surface area (Å²) in [5.74, 6) is -0.700. The quantitative estimate of drug-likeness (QED) is 0.851. The summed E-state index contributed by atoms with van der Waals surface area (Å²) in [7, 11) is 0. The second kappa shape index (κ2) is 6.66. The van der Waals surface area contributed by atoms with Crippen LogP contribution in [0.1, 0.15) is 17.0 Å². The number of carbonyl (C=O) groups is 1. The lowest BCUT2D eigenvalue weighted by atomic mass is 9.99. The summed E-state index contributed by atoms with van der Waals surface area (Å²) in [6, 6.07) is 13.0. The molecule has 0 saturated carbocycles. The van der Waals surface area contributed by atoms with Gasteiger partial charge in [-0.3, -0.25) is 9.78 Å². The number of nitrogens with one attached hydrogen (secondary N) is 1. The highest BCUT2D eigenvalue weighted by molar-refractivity contribution is 5.83. The number of rotatable bonds is 5. The van der Waals surface area contributed by atoms with E-state index in [4.69, 9.17) is 0 Å². The standard InChI is InChI=1S/C15H16N2O2/c18-11-14(13-4-2-1-3-5-13)15(19)17-10-12-6-8-16-9-7-12/h1-9,14,18H,10-11H2,(H,17,19). The average molecular weight is 256 g/mol. The summed E-state index contributed by atoms with van der Waals surface area (Å²) < 4.78 is 0. The fourth-order valence-corrected chi connectivity index (χ4v) is 1.84. The maximum atomic E-state index is 12.1. The number of hydrogen-bond donors (Lipinski definition) is 2. The first-order chi connectivity index (χ1) is 9.31. The minimum atomic E-state index is -0.525. The Kier molecular flexibility index (Phi) is 4.64. The van der Waals surface area contributed by atoms with Gasteiger partial charge in [0.15, 0.2) is 0 Å². The van der Waals surface area contributed by atoms with Gasteiger partial charge in [-0.1, -0.05) is 30.3 Å². The van der Waals surface area contributed by atoms with Gasteiger partial charge in [0.25, 0.3) is 0 Å². The van der Waals surface area contributed by atoms with Crippen molar-refractivity contribution in [3.05, 3.63) is 66.0 Å². The molecule has 0 fully saturated rings. The number of pyridine rings is 1. The molecule has 1 aromatic carbocycles. The van der Waals surface area contributed by atoms with E-state index in [1.807, 2.05) is 42.5 Å². The molecule has 0 radical (unpaired) electrons. The number of nitrogens with zero attached hydrogens (tertiary/aromatic N) is 1. The second-order valence-corrected chi connectivity index (χ2v) is 4.22. The third-order valence-electron chi connectivity index (χ3n) is 2.92. The second-order valence-electron chi connectivity index (χ2n) is 4.22. The largest absolute Gasteiger partial charge is 0.395 e. The van der Waals surface area contributed by atoms with E-state index in [0.29, 0.717) is 6.54 Å². The lowest BCUT2D eigenvalue weighted by Crippen LogP contribution is -2.30. The molecule has 4 heteroatoms. The highest BCUT2D eigenvalue weighted by Gasteiger charge is 2.18. The Morgan fingerprint density at radius 3 is 2.47 bits per heavy atom. The van der Waals surface area contributed by atoms with Gasteiger partial charge in [0.2, 0.25) is 5.91 Å². The van der Waals surface area contributed by atoms with Crippen LogP contribution in [-0.4, -0.2) is 22.6 Å². The molecule has 2 aromatic rings. The highest BCUT2D eigenvalue weighted by atomic mass is 16.3. The topological polar surface area (TPSA) is 62.2 Å². The number of aromatic nitrogens is 1. The number of carbonyl (C=O) groups excluding carboxylic acids is 1. The molecule has 98 valence electrons. The molecule has 1 heterocycles. The van der Waals surface area contributed by atoms with Gasteiger partial charge in [-0.15, -0.1) is 0 Å². The third-order valence-corrected chi connectivity index (χ3v) is 2.92. The zero-order valence-corrected chi connectivity index (χ0v) is 10.5. The van der Waals surface area contributed by atoms with Gasteiger partial charge < -0.3 is 10.4 Å². The van der Waals surface area contributed by atoms with Gasteiger partial charge in [-0.05, 0) is 23.3 Å². The Balaban J connectivity index is 1.98. The van der Waals surface area contributed by atoms with Crippen LogP contribution >= 0.6 is 0 Å². The minimum absolute atomic E-state index is 0.175. The Bertz CT molecular complexity index is 514. The lowest BCUT2D eigenvalue weighted by Gasteiger charge is -2.14. The normalized spacial score (nSPS) is 11.8. The van der Waals surface area contributed by atoms with Crippen molar-refractivity contribution < 1.29 is 9.90 Å². The van der Waals surface area contributed by atoms with Crippen molar-refractivity contribution in [1.29, 1.82) is 0 Å². The van der Waals surface area contributed by atoms with E-state index >= 15 is 0 Å². The van der Waals surface area contributed by atoms with Crippen LogP contribution in [-0.2, 0) is 11.3 Å². The van der Waals surface area contributed by atoms with Gasteiger partial charge in [-0.25, -0.2) is 0 Å². The molecule has 4 nitrogen and oxygen atoms in total. The minimum Gasteiger partial charge on any atom is -0.395 e. The van der Waals surface area contributed by atoms with Crippen LogP contribution < -0.4 is 5.32 Å². The molecule has 1 atom stereocenters. The molecule has 0 aliphatic heterocycles. The molecule has 0 aliphatic rings. The van der Waals surface area contributed by atoms with E-state index in [1.165, 1.54) is 0 Å². The van der Waals surface area contributed by atoms with Crippen LogP contribution in [0.5, 0.6) is 0 Å². The number of aliphatic hydroxyl groups excluding tert-OH is 1. The SMILES string of the molecule is O=C(NCc1ccncc1)C(CO)c1ccccc1. The zero-order valence-electron chi connectivity index (χ0n) is 10.5. The molecule has 1 aromatic heterocycles. The Morgan fingerprint density at radius 1 is 1.16 bits per heavy atom. The van der Waals surface area contributed by atoms with Gasteiger partial charge in [-0.2, -0.15) is 0 Å². The number of aliphatic hydroxyl groups is 1. The van der Waals surface area contributed by atoms with Crippen LogP contribution in [0.15, 0.2) is 54.9 Å². The van der Waals surface area contributed by atoms with Crippen molar-refractivity contribution in [2.45, 2.75) is 12.5 Å². The maximum absolute atomic E-state index is 12.1. The summed E-state index contributed by atoms with van der Waals surface area (Å²) in [5.41, 5.74) is 1.80. The molecule has 19 heavy (non-hydrogen) atoms. The van der Waals surface area contributed by atoms with Crippen molar-refractivity contribution in [3.8, 4) is 0 Å². The van der Waals surface area contributed by atoms with E-state index in [2.05, 4.69) is 10.3 Å². The maximum Gasteiger partial charge on any atom is 0.230 e. The van der Waals surface area contributed by atoms with Gasteiger partial charge >= 0.3 is 0 Å². The summed E-state index contributed by atoms with van der Waals surface area (Å²) in [6.45, 7) is 0.233. The molecule has 0 spiro atoms. The highest BCUT2D eigenvalue weighted by Crippen LogP contribution is 2.15. The Hall–Kier alpha value is -2.20. The van der Waals surface area contributed by atoms with Crippen molar-refractivity contribution in [2.75, 3.05) is 6.61 Å². The predicted octanol–water partition coefficient (Wildman–Crippen LogP) is 1.47. The molecular formula is C15H16N2O2. The first kappa shape index (κ1) is 13.2. The van der Waals surface area contributed by atoms with Crippen molar-refractivity contribution >= 4 is 5.91 Å². The Labute approximate surface area is 112 Å². The van der Waals surface area contributed by atoms with Crippen LogP contribution in [0.2, 0.25) is 0 Å². The molecule has 2 rings (SSSR count). The van der Waals surface area contributed by atoms with Gasteiger partial charge in [0, 0.05) is 18.9 Å². The molecule has 1 unspecified atom stereocenters. The molecule has 0 bridgehead atoms. The predicted molar refractivity (Wildman–Crippen MR) is 72.4 cm³/mol. The van der Waals surface area contributed by atoms with Gasteiger partial charge in [0.05, 0.1) is 12.5 Å². The number of hydrogen-bond acceptors (Lipinski definition) is 3. The molecule has 0 saturated heterocycles. The summed E-state index contributed by atoms with van der Waals surface area (Å²) >= 11 is 0. The smallest absolute Gasteiger partial charge is 0.230 e. The summed E-state index contributed by atoms with van der Waals surface area (Å²) in [6.07, 6.45) is 3.37. The van der Waals surface area contributed by atoms with E-state index in [9.17, 15) is 9.90 Å². The van der Waals surface area contributed by atoms with E-state index < -0.39 is 5.92 Å². The lowest BCUT2D eigenvalue weighted by molar-refractivity contribution is -0.123. The molecular weight excluding hydrogens is 240 g/mol. The average Bonchev–Trinajstić information content (AvgIpc) is 2.48. The first-order valence-electron chi connectivity index (χ1n) is 6.13. The first-order valence-corrected chi connectivity index (χ1v) is 6.13. The van der Waals surface area contributed by atoms with Crippen molar-refractivity contribution in [3.63, 3.8) is 0 Å². The van der Waals surface area contributed by atoms with Crippen LogP contribution in [0.3, 0.4) is 0 Å². The van der Waals surface area contributed by atoms with E-state index in [-0.39, 0.29) is 12.5 Å². The van der Waals surface area contributed by atoms with Gasteiger partial charge in [0.1, 0.15) is 0 Å². The third kappa shape index (κ3) is 3.63. The fourth-order valence-electron chi connectivity index (χ4n) is 1.84. The van der Waals surface area contributed by atoms with Crippen molar-refractivity contribution in [2.24, 2.45) is 0 Å². The Morgan fingerprint density at radius 2 is 1.84 bits per heavy atom. The monoisotopic (exact) mass is 256 g/mol. The number of amides is 1. The van der Waals surface area contributed by atoms with Crippen LogP contribution in [0.4, 0.5) is 0 Å². The number of benzene rings is 1. The molecule has 2 N–H and O–H groups in total. The van der Waals surface area contributed by atoms with Crippen LogP contribution in [0, 0.1) is 0 Å². The summed E-state index contributed by atoms with van der Waals surface area (Å²) in [5, 5.41) is 12.2. The fraction of sp³-hybridized carbons (Fsp3) is 0.200. The summed E-state index contributed by atoms with van der Waals surface area (Å²) in [4.78, 5) is 16.0. The van der Waals surface area contributed by atoms with E-state index in [0.717, 1.165) is 11.1 Å².